The van der Waals surface area contributed by atoms with Gasteiger partial charge in [-0.2, -0.15) is 0 Å². The van der Waals surface area contributed by atoms with Gasteiger partial charge in [0.15, 0.2) is 0 Å². The van der Waals surface area contributed by atoms with Gasteiger partial charge in [-0.3, -0.25) is 9.78 Å². The van der Waals surface area contributed by atoms with Crippen LogP contribution in [0, 0.1) is 0 Å². The Bertz CT molecular complexity index is 1160. The van der Waals surface area contributed by atoms with Crippen LogP contribution in [0.2, 0.25) is 0 Å². The molecule has 1 heterocycles. The Hall–Kier alpha value is -3.51. The van der Waals surface area contributed by atoms with Crippen LogP contribution in [0.5, 0.6) is 0 Å². The minimum atomic E-state index is -1.19. The molecule has 158 valence electrons. The number of carbonyl (C=O) groups is 2. The standard InChI is InChI=1S/C25H24N2O4/c1-24(2)10-11-25(31,17-8-12-26-13-9-17)21-14-16(6-7-20(21)24)18-4-3-5-19(23(29)30)22(18)27-15-28/h3-9,12-15,31H,10-11H2,1-2H3,(H,27,28)(H,29,30). The molecule has 0 spiro atoms. The van der Waals surface area contributed by atoms with E-state index in [-0.39, 0.29) is 16.7 Å². The summed E-state index contributed by atoms with van der Waals surface area (Å²) in [7, 11) is 0. The van der Waals surface area contributed by atoms with E-state index in [1.54, 1.807) is 24.5 Å². The average molecular weight is 416 g/mol. The molecule has 1 amide bonds. The Morgan fingerprint density at radius 3 is 2.48 bits per heavy atom. The second-order valence-electron chi connectivity index (χ2n) is 8.54. The van der Waals surface area contributed by atoms with Crippen molar-refractivity contribution in [2.75, 3.05) is 5.32 Å². The summed E-state index contributed by atoms with van der Waals surface area (Å²) in [6, 6.07) is 14.3. The Balaban J connectivity index is 1.96. The van der Waals surface area contributed by atoms with Gasteiger partial charge in [0, 0.05) is 18.0 Å². The van der Waals surface area contributed by atoms with Crippen LogP contribution in [-0.2, 0) is 15.8 Å². The number of carboxylic acids is 1. The maximum Gasteiger partial charge on any atom is 0.337 e. The molecule has 1 unspecified atom stereocenters. The van der Waals surface area contributed by atoms with Gasteiger partial charge in [-0.15, -0.1) is 0 Å². The van der Waals surface area contributed by atoms with Gasteiger partial charge in [0.1, 0.15) is 5.60 Å². The monoisotopic (exact) mass is 416 g/mol. The van der Waals surface area contributed by atoms with E-state index in [1.807, 2.05) is 30.3 Å². The minimum Gasteiger partial charge on any atom is -0.478 e. The molecule has 0 fully saturated rings. The number of benzene rings is 2. The predicted molar refractivity (Wildman–Crippen MR) is 118 cm³/mol. The maximum absolute atomic E-state index is 11.8. The molecule has 3 aromatic rings. The molecule has 3 N–H and O–H groups in total. The maximum atomic E-state index is 11.8. The average Bonchev–Trinajstić information content (AvgIpc) is 2.77. The lowest BCUT2D eigenvalue weighted by atomic mass is 9.64. The highest BCUT2D eigenvalue weighted by molar-refractivity contribution is 6.01. The van der Waals surface area contributed by atoms with Gasteiger partial charge >= 0.3 is 5.97 Å². The summed E-state index contributed by atoms with van der Waals surface area (Å²) in [5.41, 5.74) is 2.81. The zero-order valence-electron chi connectivity index (χ0n) is 17.4. The zero-order chi connectivity index (χ0) is 22.2. The van der Waals surface area contributed by atoms with Crippen molar-refractivity contribution in [1.82, 2.24) is 4.98 Å². The summed E-state index contributed by atoms with van der Waals surface area (Å²) in [4.78, 5) is 26.9. The predicted octanol–water partition coefficient (Wildman–Crippen LogP) is 4.32. The number of para-hydroxylation sites is 1. The number of pyridine rings is 1. The molecular weight excluding hydrogens is 392 g/mol. The van der Waals surface area contributed by atoms with Gasteiger partial charge in [-0.25, -0.2) is 4.79 Å². The lowest BCUT2D eigenvalue weighted by molar-refractivity contribution is -0.105. The molecule has 1 aliphatic carbocycles. The number of carboxylic acid groups (broad SMARTS) is 1. The van der Waals surface area contributed by atoms with Crippen LogP contribution >= 0.6 is 0 Å². The van der Waals surface area contributed by atoms with Gasteiger partial charge in [-0.05, 0) is 64.8 Å². The number of fused-ring (bicyclic) bond motifs is 1. The molecule has 31 heavy (non-hydrogen) atoms. The molecule has 1 aliphatic rings. The van der Waals surface area contributed by atoms with E-state index < -0.39 is 11.6 Å². The van der Waals surface area contributed by atoms with Gasteiger partial charge in [0.2, 0.25) is 6.41 Å². The van der Waals surface area contributed by atoms with Gasteiger partial charge in [-0.1, -0.05) is 38.1 Å². The number of rotatable bonds is 5. The number of aliphatic hydroxyl groups is 1. The van der Waals surface area contributed by atoms with Gasteiger partial charge < -0.3 is 15.5 Å². The van der Waals surface area contributed by atoms with Crippen LogP contribution in [0.15, 0.2) is 60.9 Å². The van der Waals surface area contributed by atoms with Gasteiger partial charge in [0.05, 0.1) is 11.3 Å². The van der Waals surface area contributed by atoms with E-state index in [2.05, 4.69) is 24.1 Å². The summed E-state index contributed by atoms with van der Waals surface area (Å²) in [6.45, 7) is 4.31. The quantitative estimate of drug-likeness (QED) is 0.538. The SMILES string of the molecule is CC1(C)CCC(O)(c2ccncc2)c2cc(-c3cccc(C(=O)O)c3NC=O)ccc21. The number of hydrogen-bond acceptors (Lipinski definition) is 4. The largest absolute Gasteiger partial charge is 0.478 e. The fraction of sp³-hybridized carbons (Fsp3) is 0.240. The second-order valence-corrected chi connectivity index (χ2v) is 8.54. The molecule has 2 aromatic carbocycles. The first kappa shape index (κ1) is 20.8. The highest BCUT2D eigenvalue weighted by Crippen LogP contribution is 2.49. The van der Waals surface area contributed by atoms with Crippen molar-refractivity contribution in [2.24, 2.45) is 0 Å². The van der Waals surface area contributed by atoms with Crippen molar-refractivity contribution in [3.8, 4) is 11.1 Å². The molecule has 0 saturated heterocycles. The fourth-order valence-electron chi connectivity index (χ4n) is 4.52. The number of aromatic nitrogens is 1. The van der Waals surface area contributed by atoms with Crippen molar-refractivity contribution in [2.45, 2.75) is 37.7 Å². The highest BCUT2D eigenvalue weighted by Gasteiger charge is 2.42. The number of aromatic carboxylic acids is 1. The van der Waals surface area contributed by atoms with Crippen LogP contribution in [0.3, 0.4) is 0 Å². The lowest BCUT2D eigenvalue weighted by Gasteiger charge is -2.43. The zero-order valence-corrected chi connectivity index (χ0v) is 17.4. The van der Waals surface area contributed by atoms with Crippen LogP contribution < -0.4 is 5.32 Å². The number of carbonyl (C=O) groups excluding carboxylic acids is 1. The molecule has 0 saturated carbocycles. The van der Waals surface area contributed by atoms with Crippen LogP contribution in [0.25, 0.3) is 11.1 Å². The summed E-state index contributed by atoms with van der Waals surface area (Å²) >= 11 is 0. The Morgan fingerprint density at radius 2 is 1.81 bits per heavy atom. The van der Waals surface area contributed by atoms with E-state index in [9.17, 15) is 19.8 Å². The molecule has 6 nitrogen and oxygen atoms in total. The number of nitrogens with one attached hydrogen (secondary N) is 1. The highest BCUT2D eigenvalue weighted by atomic mass is 16.4. The number of nitrogens with zero attached hydrogens (tertiary/aromatic N) is 1. The summed E-state index contributed by atoms with van der Waals surface area (Å²) in [5.74, 6) is -1.13. The van der Waals surface area contributed by atoms with E-state index in [1.165, 1.54) is 6.07 Å². The van der Waals surface area contributed by atoms with Crippen molar-refractivity contribution in [3.05, 3.63) is 83.2 Å². The van der Waals surface area contributed by atoms with Crippen molar-refractivity contribution < 1.29 is 19.8 Å². The lowest BCUT2D eigenvalue weighted by Crippen LogP contribution is -2.38. The number of amides is 1. The molecule has 1 aromatic heterocycles. The number of anilines is 1. The molecule has 0 bridgehead atoms. The third-order valence-electron chi connectivity index (χ3n) is 6.27. The third kappa shape index (κ3) is 3.49. The first-order valence-corrected chi connectivity index (χ1v) is 10.1. The summed E-state index contributed by atoms with van der Waals surface area (Å²) in [6.07, 6.45) is 5.16. The van der Waals surface area contributed by atoms with E-state index in [0.717, 1.165) is 28.7 Å². The Labute approximate surface area is 180 Å². The van der Waals surface area contributed by atoms with Crippen molar-refractivity contribution in [1.29, 1.82) is 0 Å². The molecule has 0 radical (unpaired) electrons. The van der Waals surface area contributed by atoms with Crippen molar-refractivity contribution in [3.63, 3.8) is 0 Å². The fourth-order valence-corrected chi connectivity index (χ4v) is 4.52. The Kier molecular flexibility index (Phi) is 5.11. The molecule has 6 heteroatoms. The van der Waals surface area contributed by atoms with Crippen LogP contribution in [0.1, 0.15) is 53.7 Å². The van der Waals surface area contributed by atoms with E-state index >= 15 is 0 Å². The summed E-state index contributed by atoms with van der Waals surface area (Å²) < 4.78 is 0. The molecular formula is C25H24N2O4. The van der Waals surface area contributed by atoms with Crippen molar-refractivity contribution >= 4 is 18.1 Å². The topological polar surface area (TPSA) is 99.5 Å². The molecule has 1 atom stereocenters. The normalized spacial score (nSPS) is 19.3. The first-order chi connectivity index (χ1) is 14.8. The number of hydrogen-bond donors (Lipinski definition) is 3. The smallest absolute Gasteiger partial charge is 0.337 e. The molecule has 4 rings (SSSR count). The Morgan fingerprint density at radius 1 is 1.06 bits per heavy atom. The van der Waals surface area contributed by atoms with Crippen LogP contribution in [-0.4, -0.2) is 27.6 Å². The van der Waals surface area contributed by atoms with Crippen LogP contribution in [0.4, 0.5) is 5.69 Å². The van der Waals surface area contributed by atoms with E-state index in [4.69, 9.17) is 0 Å². The minimum absolute atomic E-state index is 0.00652. The van der Waals surface area contributed by atoms with E-state index in [0.29, 0.717) is 18.4 Å². The second kappa shape index (κ2) is 7.63. The first-order valence-electron chi connectivity index (χ1n) is 10.1. The van der Waals surface area contributed by atoms with Gasteiger partial charge in [0.25, 0.3) is 0 Å². The third-order valence-corrected chi connectivity index (χ3v) is 6.27. The molecule has 0 aliphatic heterocycles. The summed E-state index contributed by atoms with van der Waals surface area (Å²) in [5, 5.41) is 23.9.